The molecular weight excluding hydrogens is 416 g/mol. The lowest BCUT2D eigenvalue weighted by Gasteiger charge is -2.43. The van der Waals surface area contributed by atoms with E-state index in [0.29, 0.717) is 0 Å². The first-order valence-electron chi connectivity index (χ1n) is 9.47. The maximum atomic E-state index is 13.5. The molecule has 3 rings (SSSR count). The monoisotopic (exact) mass is 440 g/mol. The van der Waals surface area contributed by atoms with Gasteiger partial charge in [-0.3, -0.25) is 10.1 Å². The van der Waals surface area contributed by atoms with Gasteiger partial charge < -0.3 is 0 Å². The Morgan fingerprint density at radius 3 is 1.77 bits per heavy atom. The molecule has 0 aliphatic rings. The van der Waals surface area contributed by atoms with Crippen molar-refractivity contribution in [2.45, 2.75) is 30.7 Å². The number of hydrogen-bond donors (Lipinski definition) is 1. The van der Waals surface area contributed by atoms with Crippen molar-refractivity contribution in [2.24, 2.45) is 0 Å². The van der Waals surface area contributed by atoms with E-state index in [1.165, 1.54) is 18.2 Å². The van der Waals surface area contributed by atoms with Gasteiger partial charge in [-0.05, 0) is 21.5 Å². The molecule has 0 spiro atoms. The van der Waals surface area contributed by atoms with Gasteiger partial charge >= 0.3 is 0 Å². The Bertz CT molecular complexity index is 1110. The maximum Gasteiger partial charge on any atom is 0.270 e. The van der Waals surface area contributed by atoms with Gasteiger partial charge in [0.25, 0.3) is 5.69 Å². The molecule has 6 nitrogen and oxygen atoms in total. The number of rotatable bonds is 6. The zero-order valence-electron chi connectivity index (χ0n) is 17.1. The van der Waals surface area contributed by atoms with Gasteiger partial charge in [-0.15, -0.1) is 0 Å². The minimum absolute atomic E-state index is 0.121. The van der Waals surface area contributed by atoms with Crippen LogP contribution in [0.2, 0.25) is 5.04 Å². The third-order valence-electron chi connectivity index (χ3n) is 5.16. The van der Waals surface area contributed by atoms with Crippen molar-refractivity contribution in [2.75, 3.05) is 0 Å². The Labute approximate surface area is 177 Å². The van der Waals surface area contributed by atoms with Crippen LogP contribution >= 0.6 is 0 Å². The first kappa shape index (κ1) is 21.9. The summed E-state index contributed by atoms with van der Waals surface area (Å²) in [7, 11) is -7.17. The molecular formula is C22H24N2O4SSi. The summed E-state index contributed by atoms with van der Waals surface area (Å²) in [4.78, 5) is 10.5. The quantitative estimate of drug-likeness (QED) is 0.361. The average molecular weight is 441 g/mol. The molecule has 0 aromatic heterocycles. The van der Waals surface area contributed by atoms with Crippen molar-refractivity contribution in [3.05, 3.63) is 95.0 Å². The molecule has 156 valence electrons. The van der Waals surface area contributed by atoms with Crippen molar-refractivity contribution >= 4 is 34.3 Å². The highest BCUT2D eigenvalue weighted by Crippen LogP contribution is 2.35. The highest BCUT2D eigenvalue weighted by Gasteiger charge is 2.51. The van der Waals surface area contributed by atoms with Crippen LogP contribution < -0.4 is 14.8 Å². The lowest BCUT2D eigenvalue weighted by atomic mass is 10.2. The van der Waals surface area contributed by atoms with E-state index in [1.807, 2.05) is 81.4 Å². The minimum Gasteiger partial charge on any atom is -0.258 e. The topological polar surface area (TPSA) is 89.3 Å². The summed E-state index contributed by atoms with van der Waals surface area (Å²) in [6.07, 6.45) is 0. The molecule has 3 aromatic rings. The largest absolute Gasteiger partial charge is 0.270 e. The predicted octanol–water partition coefficient (Wildman–Crippen LogP) is 3.43. The maximum absolute atomic E-state index is 13.5. The fraction of sp³-hybridized carbons (Fsp3) is 0.182. The van der Waals surface area contributed by atoms with E-state index >= 15 is 0 Å². The van der Waals surface area contributed by atoms with Gasteiger partial charge in [-0.1, -0.05) is 87.5 Å². The number of sulfonamides is 1. The second-order valence-electron chi connectivity index (χ2n) is 8.09. The lowest BCUT2D eigenvalue weighted by molar-refractivity contribution is -0.385. The Morgan fingerprint density at radius 1 is 0.833 bits per heavy atom. The normalized spacial score (nSPS) is 12.5. The second kappa shape index (κ2) is 8.14. The summed E-state index contributed by atoms with van der Waals surface area (Å²) in [5, 5.41) is 12.6. The van der Waals surface area contributed by atoms with E-state index < -0.39 is 28.2 Å². The van der Waals surface area contributed by atoms with Crippen molar-refractivity contribution in [1.29, 1.82) is 0 Å². The summed E-state index contributed by atoms with van der Waals surface area (Å²) in [6, 6.07) is 24.3. The summed E-state index contributed by atoms with van der Waals surface area (Å²) >= 11 is 0. The fourth-order valence-electron chi connectivity index (χ4n) is 3.70. The molecule has 0 aliphatic heterocycles. The van der Waals surface area contributed by atoms with Crippen LogP contribution in [0.5, 0.6) is 0 Å². The summed E-state index contributed by atoms with van der Waals surface area (Å²) < 4.78 is 30.1. The van der Waals surface area contributed by atoms with E-state index in [0.717, 1.165) is 16.4 Å². The van der Waals surface area contributed by atoms with Crippen LogP contribution in [0.15, 0.2) is 89.8 Å². The van der Waals surface area contributed by atoms with Crippen LogP contribution in [-0.2, 0) is 10.0 Å². The summed E-state index contributed by atoms with van der Waals surface area (Å²) in [5.41, 5.74) is -0.264. The highest BCUT2D eigenvalue weighted by molar-refractivity contribution is 7.91. The Hall–Kier alpha value is -2.81. The third kappa shape index (κ3) is 4.07. The van der Waals surface area contributed by atoms with Gasteiger partial charge in [0.05, 0.1) is 9.82 Å². The van der Waals surface area contributed by atoms with Crippen molar-refractivity contribution in [3.63, 3.8) is 0 Å². The average Bonchev–Trinajstić information content (AvgIpc) is 2.72. The standard InChI is InChI=1S/C22H24N2O4SSi/c1-22(2,3)30(20-13-6-4-7-14-20,21-15-8-5-9-16-21)23-29(27,28)19-12-10-11-18(17-19)24(25)26/h4-17,23H,1-3H3. The van der Waals surface area contributed by atoms with Crippen LogP contribution in [0.4, 0.5) is 5.69 Å². The minimum atomic E-state index is -4.05. The first-order chi connectivity index (χ1) is 14.1. The number of nitrogens with one attached hydrogen (secondary N) is 1. The molecule has 0 amide bonds. The molecule has 0 fully saturated rings. The molecule has 8 heteroatoms. The number of nitro benzene ring substituents is 1. The Kier molecular flexibility index (Phi) is 5.94. The van der Waals surface area contributed by atoms with Gasteiger partial charge in [-0.25, -0.2) is 12.8 Å². The van der Waals surface area contributed by atoms with Crippen LogP contribution in [-0.4, -0.2) is 21.6 Å². The fourth-order valence-corrected chi connectivity index (χ4v) is 11.9. The zero-order valence-corrected chi connectivity index (χ0v) is 18.9. The molecule has 0 heterocycles. The van der Waals surface area contributed by atoms with E-state index in [-0.39, 0.29) is 10.6 Å². The van der Waals surface area contributed by atoms with Crippen LogP contribution in [0.25, 0.3) is 0 Å². The number of hydrogen-bond acceptors (Lipinski definition) is 4. The predicted molar refractivity (Wildman–Crippen MR) is 121 cm³/mol. The molecule has 0 bridgehead atoms. The Morgan fingerprint density at radius 2 is 1.33 bits per heavy atom. The van der Waals surface area contributed by atoms with Crippen LogP contribution in [0, 0.1) is 10.1 Å². The molecule has 1 N–H and O–H groups in total. The van der Waals surface area contributed by atoms with E-state index in [1.54, 1.807) is 0 Å². The van der Waals surface area contributed by atoms with Crippen molar-refractivity contribution in [1.82, 2.24) is 4.39 Å². The lowest BCUT2D eigenvalue weighted by Crippen LogP contribution is -2.74. The van der Waals surface area contributed by atoms with Crippen molar-refractivity contribution < 1.29 is 13.3 Å². The zero-order chi connectivity index (χ0) is 22.0. The molecule has 3 aromatic carbocycles. The first-order valence-corrected chi connectivity index (χ1v) is 13.0. The summed E-state index contributed by atoms with van der Waals surface area (Å²) in [6.45, 7) is 6.07. The van der Waals surface area contributed by atoms with Crippen LogP contribution in [0.3, 0.4) is 0 Å². The van der Waals surface area contributed by atoms with Gasteiger partial charge in [0.1, 0.15) is 0 Å². The molecule has 0 saturated heterocycles. The molecule has 0 radical (unpaired) electrons. The highest BCUT2D eigenvalue weighted by atomic mass is 32.2. The van der Waals surface area contributed by atoms with E-state index in [2.05, 4.69) is 4.39 Å². The SMILES string of the molecule is CC(C)(C)[Si](NS(=O)(=O)c1cccc([N+](=O)[O-])c1)(c1ccccc1)c1ccccc1. The van der Waals surface area contributed by atoms with Crippen molar-refractivity contribution in [3.8, 4) is 0 Å². The van der Waals surface area contributed by atoms with Crippen LogP contribution in [0.1, 0.15) is 20.8 Å². The second-order valence-corrected chi connectivity index (χ2v) is 14.5. The van der Waals surface area contributed by atoms with Gasteiger partial charge in [-0.2, -0.15) is 0 Å². The summed E-state index contributed by atoms with van der Waals surface area (Å²) in [5.74, 6) is 0. The molecule has 0 atom stereocenters. The number of benzene rings is 3. The molecule has 0 unspecified atom stereocenters. The smallest absolute Gasteiger partial charge is 0.258 e. The number of nitrogens with zero attached hydrogens (tertiary/aromatic N) is 1. The molecule has 30 heavy (non-hydrogen) atoms. The van der Waals surface area contributed by atoms with Gasteiger partial charge in [0.2, 0.25) is 18.3 Å². The van der Waals surface area contributed by atoms with Gasteiger partial charge in [0, 0.05) is 12.1 Å². The number of non-ortho nitro benzene ring substituents is 1. The Balaban J connectivity index is 2.26. The van der Waals surface area contributed by atoms with E-state index in [9.17, 15) is 18.5 Å². The number of nitro groups is 1. The molecule has 0 aliphatic carbocycles. The third-order valence-corrected chi connectivity index (χ3v) is 13.0. The molecule has 0 saturated carbocycles. The van der Waals surface area contributed by atoms with E-state index in [4.69, 9.17) is 0 Å². The van der Waals surface area contributed by atoms with Gasteiger partial charge in [0.15, 0.2) is 0 Å².